The standard InChI is InChI=1S/C23H27N5O/c1-29-21-9-7-20(8-10-21)27-15-17-28(18-16-27)22-12-14-25-23(26-22)24-13-11-19-5-3-2-4-6-19/h2-10,12,14H,11,13,15-18H2,1H3,(H,24,25,26). The molecule has 2 heterocycles. The number of hydrogen-bond donors (Lipinski definition) is 1. The lowest BCUT2D eigenvalue weighted by atomic mass is 10.1. The third-order valence-electron chi connectivity index (χ3n) is 5.22. The van der Waals surface area contributed by atoms with Crippen LogP contribution in [0.2, 0.25) is 0 Å². The van der Waals surface area contributed by atoms with Crippen LogP contribution in [0.5, 0.6) is 5.75 Å². The minimum absolute atomic E-state index is 0.691. The maximum absolute atomic E-state index is 5.25. The van der Waals surface area contributed by atoms with Gasteiger partial charge in [-0.1, -0.05) is 30.3 Å². The summed E-state index contributed by atoms with van der Waals surface area (Å²) in [7, 11) is 1.69. The first kappa shape index (κ1) is 19.1. The van der Waals surface area contributed by atoms with E-state index in [-0.39, 0.29) is 0 Å². The van der Waals surface area contributed by atoms with Crippen molar-refractivity contribution < 1.29 is 4.74 Å². The van der Waals surface area contributed by atoms with Crippen LogP contribution >= 0.6 is 0 Å². The molecule has 0 aliphatic carbocycles. The molecule has 29 heavy (non-hydrogen) atoms. The Morgan fingerprint density at radius 2 is 1.62 bits per heavy atom. The molecule has 0 spiro atoms. The van der Waals surface area contributed by atoms with Crippen LogP contribution in [0.3, 0.4) is 0 Å². The highest BCUT2D eigenvalue weighted by Gasteiger charge is 2.18. The molecule has 4 rings (SSSR count). The van der Waals surface area contributed by atoms with Crippen molar-refractivity contribution in [3.05, 3.63) is 72.4 Å². The van der Waals surface area contributed by atoms with Crippen LogP contribution in [0.1, 0.15) is 5.56 Å². The highest BCUT2D eigenvalue weighted by molar-refractivity contribution is 5.51. The van der Waals surface area contributed by atoms with Crippen molar-refractivity contribution in [3.8, 4) is 5.75 Å². The summed E-state index contributed by atoms with van der Waals surface area (Å²) in [5, 5.41) is 3.35. The van der Waals surface area contributed by atoms with Gasteiger partial charge in [0.05, 0.1) is 7.11 Å². The van der Waals surface area contributed by atoms with Gasteiger partial charge in [0.2, 0.25) is 5.95 Å². The van der Waals surface area contributed by atoms with Crippen LogP contribution in [0, 0.1) is 0 Å². The molecule has 1 aliphatic heterocycles. The molecule has 0 unspecified atom stereocenters. The summed E-state index contributed by atoms with van der Waals surface area (Å²) in [5.74, 6) is 2.56. The summed E-state index contributed by atoms with van der Waals surface area (Å²) in [6, 6.07) is 20.7. The van der Waals surface area contributed by atoms with Crippen LogP contribution in [0.25, 0.3) is 0 Å². The van der Waals surface area contributed by atoms with E-state index < -0.39 is 0 Å². The Kier molecular flexibility index (Phi) is 6.10. The van der Waals surface area contributed by atoms with E-state index in [1.807, 2.05) is 30.5 Å². The Morgan fingerprint density at radius 1 is 0.897 bits per heavy atom. The first-order valence-electron chi connectivity index (χ1n) is 10.1. The van der Waals surface area contributed by atoms with Gasteiger partial charge >= 0.3 is 0 Å². The molecule has 2 aromatic carbocycles. The van der Waals surface area contributed by atoms with Crippen LogP contribution in [0.15, 0.2) is 66.9 Å². The van der Waals surface area contributed by atoms with Gasteiger partial charge in [-0.3, -0.25) is 0 Å². The van der Waals surface area contributed by atoms with Gasteiger partial charge in [0.15, 0.2) is 0 Å². The predicted octanol–water partition coefficient (Wildman–Crippen LogP) is 3.47. The number of nitrogens with zero attached hydrogens (tertiary/aromatic N) is 4. The van der Waals surface area contributed by atoms with Gasteiger partial charge < -0.3 is 19.9 Å². The first-order chi connectivity index (χ1) is 14.3. The van der Waals surface area contributed by atoms with Crippen molar-refractivity contribution in [2.24, 2.45) is 0 Å². The Bertz CT molecular complexity index is 893. The number of methoxy groups -OCH3 is 1. The van der Waals surface area contributed by atoms with E-state index in [9.17, 15) is 0 Å². The van der Waals surface area contributed by atoms with Crippen molar-refractivity contribution in [2.75, 3.05) is 55.0 Å². The van der Waals surface area contributed by atoms with Gasteiger partial charge in [0, 0.05) is 44.6 Å². The third kappa shape index (κ3) is 4.96. The van der Waals surface area contributed by atoms with E-state index in [4.69, 9.17) is 9.72 Å². The summed E-state index contributed by atoms with van der Waals surface area (Å²) < 4.78 is 5.25. The lowest BCUT2D eigenvalue weighted by Gasteiger charge is -2.36. The number of benzene rings is 2. The fourth-order valence-corrected chi connectivity index (χ4v) is 3.56. The lowest BCUT2D eigenvalue weighted by molar-refractivity contribution is 0.415. The number of ether oxygens (including phenoxy) is 1. The van der Waals surface area contributed by atoms with Gasteiger partial charge in [0.25, 0.3) is 0 Å². The second kappa shape index (κ2) is 9.28. The third-order valence-corrected chi connectivity index (χ3v) is 5.22. The Balaban J connectivity index is 1.30. The molecule has 0 amide bonds. The zero-order valence-corrected chi connectivity index (χ0v) is 16.8. The minimum atomic E-state index is 0.691. The highest BCUT2D eigenvalue weighted by atomic mass is 16.5. The number of nitrogens with one attached hydrogen (secondary N) is 1. The van der Waals surface area contributed by atoms with Crippen LogP contribution in [-0.2, 0) is 6.42 Å². The first-order valence-corrected chi connectivity index (χ1v) is 10.1. The maximum atomic E-state index is 5.25. The van der Waals surface area contributed by atoms with Crippen molar-refractivity contribution in [1.82, 2.24) is 9.97 Å². The molecule has 1 aliphatic rings. The molecule has 1 saturated heterocycles. The van der Waals surface area contributed by atoms with Crippen molar-refractivity contribution in [3.63, 3.8) is 0 Å². The molecule has 1 N–H and O–H groups in total. The molecule has 6 heteroatoms. The van der Waals surface area contributed by atoms with Crippen molar-refractivity contribution >= 4 is 17.5 Å². The Labute approximate surface area is 172 Å². The summed E-state index contributed by atoms with van der Waals surface area (Å²) >= 11 is 0. The zero-order valence-electron chi connectivity index (χ0n) is 16.8. The predicted molar refractivity (Wildman–Crippen MR) is 118 cm³/mol. The van der Waals surface area contributed by atoms with Crippen LogP contribution in [0.4, 0.5) is 17.5 Å². The summed E-state index contributed by atoms with van der Waals surface area (Å²) in [5.41, 5.74) is 2.54. The second-order valence-corrected chi connectivity index (χ2v) is 7.07. The molecule has 1 aromatic heterocycles. The minimum Gasteiger partial charge on any atom is -0.497 e. The van der Waals surface area contributed by atoms with Gasteiger partial charge in [-0.2, -0.15) is 4.98 Å². The van der Waals surface area contributed by atoms with Gasteiger partial charge in [-0.25, -0.2) is 4.98 Å². The van der Waals surface area contributed by atoms with E-state index in [0.717, 1.165) is 50.7 Å². The van der Waals surface area contributed by atoms with Crippen LogP contribution in [-0.4, -0.2) is 49.8 Å². The molecular weight excluding hydrogens is 362 g/mol. The molecule has 150 valence electrons. The summed E-state index contributed by atoms with van der Waals surface area (Å²) in [6.07, 6.45) is 2.79. The fourth-order valence-electron chi connectivity index (χ4n) is 3.56. The SMILES string of the molecule is COc1ccc(N2CCN(c3ccnc(NCCc4ccccc4)n3)CC2)cc1. The quantitative estimate of drug-likeness (QED) is 0.668. The average molecular weight is 390 g/mol. The molecule has 3 aromatic rings. The maximum Gasteiger partial charge on any atom is 0.224 e. The van der Waals surface area contributed by atoms with Crippen LogP contribution < -0.4 is 19.9 Å². The van der Waals surface area contributed by atoms with Gasteiger partial charge in [-0.15, -0.1) is 0 Å². The molecule has 6 nitrogen and oxygen atoms in total. The monoisotopic (exact) mass is 389 g/mol. The summed E-state index contributed by atoms with van der Waals surface area (Å²) in [4.78, 5) is 13.8. The molecular formula is C23H27N5O. The second-order valence-electron chi connectivity index (χ2n) is 7.07. The lowest BCUT2D eigenvalue weighted by Crippen LogP contribution is -2.46. The number of rotatable bonds is 7. The van der Waals surface area contributed by atoms with E-state index in [1.54, 1.807) is 7.11 Å². The van der Waals surface area contributed by atoms with Gasteiger partial charge in [0.1, 0.15) is 11.6 Å². The number of piperazine rings is 1. The van der Waals surface area contributed by atoms with E-state index in [2.05, 4.69) is 56.5 Å². The molecule has 0 bridgehead atoms. The highest BCUT2D eigenvalue weighted by Crippen LogP contribution is 2.22. The fraction of sp³-hybridized carbons (Fsp3) is 0.304. The number of aromatic nitrogens is 2. The smallest absolute Gasteiger partial charge is 0.224 e. The Morgan fingerprint density at radius 3 is 2.34 bits per heavy atom. The molecule has 1 fully saturated rings. The van der Waals surface area contributed by atoms with Gasteiger partial charge in [-0.05, 0) is 42.3 Å². The van der Waals surface area contributed by atoms with E-state index >= 15 is 0 Å². The Hall–Kier alpha value is -3.28. The topological polar surface area (TPSA) is 53.5 Å². The normalized spacial score (nSPS) is 14.0. The molecule has 0 radical (unpaired) electrons. The summed E-state index contributed by atoms with van der Waals surface area (Å²) in [6.45, 7) is 4.62. The van der Waals surface area contributed by atoms with E-state index in [0.29, 0.717) is 5.95 Å². The average Bonchev–Trinajstić information content (AvgIpc) is 2.80. The largest absolute Gasteiger partial charge is 0.497 e. The molecule has 0 atom stereocenters. The van der Waals surface area contributed by atoms with Crippen molar-refractivity contribution in [2.45, 2.75) is 6.42 Å². The van der Waals surface area contributed by atoms with Crippen molar-refractivity contribution in [1.29, 1.82) is 0 Å². The number of hydrogen-bond acceptors (Lipinski definition) is 6. The van der Waals surface area contributed by atoms with E-state index in [1.165, 1.54) is 11.3 Å². The number of anilines is 3. The molecule has 0 saturated carbocycles. The zero-order chi connectivity index (χ0) is 19.9.